The van der Waals surface area contributed by atoms with Crippen LogP contribution < -0.4 is 4.74 Å². The third kappa shape index (κ3) is 5.94. The first-order chi connectivity index (χ1) is 12.2. The van der Waals surface area contributed by atoms with Gasteiger partial charge in [0.15, 0.2) is 0 Å². The van der Waals surface area contributed by atoms with Crippen LogP contribution in [0.3, 0.4) is 0 Å². The molecule has 25 heavy (non-hydrogen) atoms. The molecule has 0 amide bonds. The second kappa shape index (κ2) is 10.3. The third-order valence-corrected chi connectivity index (χ3v) is 5.02. The van der Waals surface area contributed by atoms with E-state index in [1.807, 2.05) is 11.8 Å². The first-order valence-electron chi connectivity index (χ1n) is 8.95. The summed E-state index contributed by atoms with van der Waals surface area (Å²) < 4.78 is 5.82. The molecule has 0 heterocycles. The highest BCUT2D eigenvalue weighted by atomic mass is 32.2. The molecule has 0 aliphatic heterocycles. The van der Waals surface area contributed by atoms with Crippen LogP contribution in [0, 0.1) is 0 Å². The summed E-state index contributed by atoms with van der Waals surface area (Å²) in [5.74, 6) is 2.00. The summed E-state index contributed by atoms with van der Waals surface area (Å²) in [6.07, 6.45) is 1.02. The molecule has 0 aliphatic rings. The molecule has 0 unspecified atom stereocenters. The van der Waals surface area contributed by atoms with Gasteiger partial charge in [0.05, 0.1) is 0 Å². The molecule has 0 spiro atoms. The Morgan fingerprint density at radius 3 is 2.16 bits per heavy atom. The van der Waals surface area contributed by atoms with E-state index in [0.717, 1.165) is 24.5 Å². The fourth-order valence-corrected chi connectivity index (χ4v) is 3.70. The maximum atomic E-state index is 5.82. The Hall–Kier alpha value is -1.71. The molecule has 0 N–H and O–H groups in total. The van der Waals surface area contributed by atoms with Crippen LogP contribution in [0.1, 0.15) is 31.4 Å². The van der Waals surface area contributed by atoms with Gasteiger partial charge in [0.2, 0.25) is 0 Å². The van der Waals surface area contributed by atoms with Crippen molar-refractivity contribution in [1.82, 2.24) is 4.90 Å². The second-order valence-electron chi connectivity index (χ2n) is 6.14. The molecule has 0 bridgehead atoms. The number of likely N-dealkylation sites (N-methyl/N-ethyl adjacent to an activating group) is 1. The highest BCUT2D eigenvalue weighted by Gasteiger charge is 2.10. The number of allylic oxidation sites excluding steroid dienone is 1. The lowest BCUT2D eigenvalue weighted by atomic mass is 10.0. The summed E-state index contributed by atoms with van der Waals surface area (Å²) in [5.41, 5.74) is 3.99. The van der Waals surface area contributed by atoms with Gasteiger partial charge < -0.3 is 9.64 Å². The van der Waals surface area contributed by atoms with Gasteiger partial charge in [-0.05, 0) is 55.1 Å². The monoisotopic (exact) mass is 355 g/mol. The van der Waals surface area contributed by atoms with E-state index in [4.69, 9.17) is 4.74 Å². The highest BCUT2D eigenvalue weighted by molar-refractivity contribution is 8.08. The van der Waals surface area contributed by atoms with Crippen LogP contribution in [0.2, 0.25) is 0 Å². The predicted octanol–water partition coefficient (Wildman–Crippen LogP) is 5.66. The van der Waals surface area contributed by atoms with Gasteiger partial charge in [-0.3, -0.25) is 0 Å². The average molecular weight is 356 g/mol. The van der Waals surface area contributed by atoms with Crippen molar-refractivity contribution >= 4 is 22.2 Å². The zero-order valence-corrected chi connectivity index (χ0v) is 16.6. The molecular formula is C22H29NOS. The summed E-state index contributed by atoms with van der Waals surface area (Å²) in [4.78, 5) is 3.50. The van der Waals surface area contributed by atoms with E-state index in [1.54, 1.807) is 0 Å². The standard InChI is InChI=1S/C22H29NOS/c1-5-21(18-10-8-7-9-11-18)22(25-6-2)19-12-14-20(15-13-19)24-17-16-23(3)4/h7-15H,5-6,16-17H2,1-4H3. The van der Waals surface area contributed by atoms with Crippen LogP contribution in [-0.2, 0) is 0 Å². The topological polar surface area (TPSA) is 12.5 Å². The zero-order valence-electron chi connectivity index (χ0n) is 15.8. The van der Waals surface area contributed by atoms with Crippen molar-refractivity contribution < 1.29 is 4.74 Å². The highest BCUT2D eigenvalue weighted by Crippen LogP contribution is 2.37. The lowest BCUT2D eigenvalue weighted by molar-refractivity contribution is 0.261. The Balaban J connectivity index is 2.26. The Morgan fingerprint density at radius 2 is 1.60 bits per heavy atom. The summed E-state index contributed by atoms with van der Waals surface area (Å²) in [5, 5.41) is 0. The van der Waals surface area contributed by atoms with Crippen molar-refractivity contribution in [2.24, 2.45) is 0 Å². The van der Waals surface area contributed by atoms with E-state index in [9.17, 15) is 0 Å². The smallest absolute Gasteiger partial charge is 0.119 e. The van der Waals surface area contributed by atoms with E-state index in [1.165, 1.54) is 21.6 Å². The largest absolute Gasteiger partial charge is 0.492 e. The minimum atomic E-state index is 0.711. The molecule has 3 heteroatoms. The van der Waals surface area contributed by atoms with Crippen molar-refractivity contribution in [3.05, 3.63) is 65.7 Å². The van der Waals surface area contributed by atoms with Crippen molar-refractivity contribution in [1.29, 1.82) is 0 Å². The van der Waals surface area contributed by atoms with E-state index in [-0.39, 0.29) is 0 Å². The molecule has 2 aromatic carbocycles. The van der Waals surface area contributed by atoms with Crippen LogP contribution in [0.5, 0.6) is 5.75 Å². The Bertz CT molecular complexity index is 662. The molecule has 2 nitrogen and oxygen atoms in total. The quantitative estimate of drug-likeness (QED) is 0.539. The number of thioether (sulfide) groups is 1. The Labute approximate surface area is 156 Å². The van der Waals surface area contributed by atoms with E-state index in [2.05, 4.69) is 87.4 Å². The van der Waals surface area contributed by atoms with Crippen LogP contribution in [0.15, 0.2) is 54.6 Å². The maximum Gasteiger partial charge on any atom is 0.119 e. The lowest BCUT2D eigenvalue weighted by Gasteiger charge is -2.15. The van der Waals surface area contributed by atoms with E-state index < -0.39 is 0 Å². The molecule has 2 rings (SSSR count). The first kappa shape index (κ1) is 19.6. The fraction of sp³-hybridized carbons (Fsp3) is 0.364. The first-order valence-corrected chi connectivity index (χ1v) is 9.93. The fourth-order valence-electron chi connectivity index (χ4n) is 2.67. The minimum Gasteiger partial charge on any atom is -0.492 e. The van der Waals surface area contributed by atoms with Crippen molar-refractivity contribution in [2.75, 3.05) is 33.0 Å². The van der Waals surface area contributed by atoms with Crippen molar-refractivity contribution in [3.8, 4) is 5.75 Å². The van der Waals surface area contributed by atoms with Crippen LogP contribution >= 0.6 is 11.8 Å². The van der Waals surface area contributed by atoms with Gasteiger partial charge in [-0.2, -0.15) is 0 Å². The minimum absolute atomic E-state index is 0.711. The molecule has 0 aliphatic carbocycles. The number of nitrogens with zero attached hydrogens (tertiary/aromatic N) is 1. The maximum absolute atomic E-state index is 5.82. The van der Waals surface area contributed by atoms with E-state index >= 15 is 0 Å². The van der Waals surface area contributed by atoms with Crippen LogP contribution in [-0.4, -0.2) is 37.9 Å². The molecule has 0 atom stereocenters. The summed E-state index contributed by atoms with van der Waals surface area (Å²) in [6.45, 7) is 6.08. The molecule has 0 aromatic heterocycles. The average Bonchev–Trinajstić information content (AvgIpc) is 2.63. The van der Waals surface area contributed by atoms with Crippen molar-refractivity contribution in [2.45, 2.75) is 20.3 Å². The van der Waals surface area contributed by atoms with Gasteiger partial charge in [-0.1, -0.05) is 56.3 Å². The van der Waals surface area contributed by atoms with Gasteiger partial charge >= 0.3 is 0 Å². The molecular weight excluding hydrogens is 326 g/mol. The zero-order chi connectivity index (χ0) is 18.1. The van der Waals surface area contributed by atoms with Crippen LogP contribution in [0.4, 0.5) is 0 Å². The SMILES string of the molecule is CCSC(=C(CC)c1ccccc1)c1ccc(OCCN(C)C)cc1. The summed E-state index contributed by atoms with van der Waals surface area (Å²) >= 11 is 1.92. The lowest BCUT2D eigenvalue weighted by Crippen LogP contribution is -2.19. The Kier molecular flexibility index (Phi) is 8.10. The number of benzene rings is 2. The number of hydrogen-bond donors (Lipinski definition) is 0. The van der Waals surface area contributed by atoms with Gasteiger partial charge in [0.1, 0.15) is 12.4 Å². The van der Waals surface area contributed by atoms with Crippen molar-refractivity contribution in [3.63, 3.8) is 0 Å². The number of rotatable bonds is 9. The van der Waals surface area contributed by atoms with Gasteiger partial charge in [0, 0.05) is 11.4 Å². The Morgan fingerprint density at radius 1 is 0.920 bits per heavy atom. The molecule has 0 saturated carbocycles. The molecule has 2 aromatic rings. The summed E-state index contributed by atoms with van der Waals surface area (Å²) in [6, 6.07) is 19.2. The molecule has 134 valence electrons. The molecule has 0 saturated heterocycles. The van der Waals surface area contributed by atoms with E-state index in [0.29, 0.717) is 6.61 Å². The van der Waals surface area contributed by atoms with Gasteiger partial charge in [-0.25, -0.2) is 0 Å². The predicted molar refractivity (Wildman–Crippen MR) is 112 cm³/mol. The molecule has 0 radical (unpaired) electrons. The van der Waals surface area contributed by atoms with Gasteiger partial charge in [0.25, 0.3) is 0 Å². The van der Waals surface area contributed by atoms with Gasteiger partial charge in [-0.15, -0.1) is 11.8 Å². The second-order valence-corrected chi connectivity index (χ2v) is 7.41. The number of ether oxygens (including phenoxy) is 1. The normalized spacial score (nSPS) is 12.2. The van der Waals surface area contributed by atoms with Crippen LogP contribution in [0.25, 0.3) is 10.5 Å². The number of hydrogen-bond acceptors (Lipinski definition) is 3. The summed E-state index contributed by atoms with van der Waals surface area (Å²) in [7, 11) is 4.11. The third-order valence-electron chi connectivity index (χ3n) is 3.96. The molecule has 0 fully saturated rings.